The van der Waals surface area contributed by atoms with Crippen molar-refractivity contribution < 1.29 is 9.90 Å². The summed E-state index contributed by atoms with van der Waals surface area (Å²) in [6.07, 6.45) is 0.360. The summed E-state index contributed by atoms with van der Waals surface area (Å²) >= 11 is 0. The Bertz CT molecular complexity index is 758. The Morgan fingerprint density at radius 3 is 2.65 bits per heavy atom. The summed E-state index contributed by atoms with van der Waals surface area (Å²) in [4.78, 5) is 16.0. The molecule has 1 aliphatic heterocycles. The van der Waals surface area contributed by atoms with Crippen molar-refractivity contribution in [2.24, 2.45) is 5.73 Å². The highest BCUT2D eigenvalue weighted by atomic mass is 35.5. The molecular weight excluding hydrogens is 375 g/mol. The number of fused-ring (bicyclic) bond motifs is 1. The van der Waals surface area contributed by atoms with Crippen LogP contribution < -0.4 is 16.4 Å². The summed E-state index contributed by atoms with van der Waals surface area (Å²) < 4.78 is 0. The molecule has 2 atom stereocenters. The summed E-state index contributed by atoms with van der Waals surface area (Å²) in [5.74, 6) is 0.110. The summed E-state index contributed by atoms with van der Waals surface area (Å²) in [7, 11) is 1.76. The zero-order chi connectivity index (χ0) is 17.1. The highest BCUT2D eigenvalue weighted by Crippen LogP contribution is 2.20. The van der Waals surface area contributed by atoms with Crippen LogP contribution in [0.4, 0.5) is 5.82 Å². The number of primary amides is 1. The molecule has 0 saturated heterocycles. The minimum atomic E-state index is -0.656. The number of anilines is 1. The van der Waals surface area contributed by atoms with Crippen LogP contribution in [0, 0.1) is 0 Å². The second-order valence-corrected chi connectivity index (χ2v) is 6.04. The number of rotatable bonds is 5. The number of halogens is 2. The molecule has 0 unspecified atom stereocenters. The largest absolute Gasteiger partial charge is 0.391 e. The molecule has 0 spiro atoms. The van der Waals surface area contributed by atoms with Gasteiger partial charge in [0.1, 0.15) is 5.82 Å². The average Bonchev–Trinajstić information content (AvgIpc) is 2.60. The van der Waals surface area contributed by atoms with Crippen molar-refractivity contribution in [3.8, 4) is 0 Å². The molecule has 1 aromatic carbocycles. The molecule has 0 radical (unpaired) electrons. The highest BCUT2D eigenvalue weighted by molar-refractivity contribution is 5.94. The molecule has 26 heavy (non-hydrogen) atoms. The number of hydrogen-bond acceptors (Lipinski definition) is 5. The molecule has 5 N–H and O–H groups in total. The van der Waals surface area contributed by atoms with Crippen molar-refractivity contribution in [3.63, 3.8) is 0 Å². The first kappa shape index (κ1) is 22.2. The zero-order valence-electron chi connectivity index (χ0n) is 14.4. The van der Waals surface area contributed by atoms with E-state index in [0.717, 1.165) is 13.0 Å². The standard InChI is InChI=1S/C18H22N4O2.2ClH/c1-20-17-7-6-13(18(19)24)14(22-17)9-16(23)15-8-11-4-2-3-5-12(11)10-21-15;;/h2-7,15-16,21,23H,8-10H2,1H3,(H2,19,24)(H,20,22);2*1H/t15-,16+;;/m0../s1. The van der Waals surface area contributed by atoms with E-state index in [4.69, 9.17) is 5.73 Å². The third-order valence-electron chi connectivity index (χ3n) is 4.48. The summed E-state index contributed by atoms with van der Waals surface area (Å²) in [6, 6.07) is 11.5. The van der Waals surface area contributed by atoms with E-state index >= 15 is 0 Å². The molecule has 2 aromatic rings. The number of aromatic nitrogens is 1. The predicted molar refractivity (Wildman–Crippen MR) is 107 cm³/mol. The van der Waals surface area contributed by atoms with Crippen LogP contribution in [0.1, 0.15) is 27.2 Å². The lowest BCUT2D eigenvalue weighted by Crippen LogP contribution is -2.45. The lowest BCUT2D eigenvalue weighted by Gasteiger charge is -2.30. The van der Waals surface area contributed by atoms with Crippen LogP contribution in [0.5, 0.6) is 0 Å². The van der Waals surface area contributed by atoms with Crippen LogP contribution in [-0.4, -0.2) is 35.2 Å². The number of amides is 1. The Morgan fingerprint density at radius 2 is 2.00 bits per heavy atom. The van der Waals surface area contributed by atoms with Crippen LogP contribution >= 0.6 is 24.8 Å². The fraction of sp³-hybridized carbons (Fsp3) is 0.333. The maximum atomic E-state index is 11.6. The smallest absolute Gasteiger partial charge is 0.250 e. The van der Waals surface area contributed by atoms with Gasteiger partial charge in [-0.1, -0.05) is 24.3 Å². The number of aliphatic hydroxyl groups is 1. The van der Waals surface area contributed by atoms with Gasteiger partial charge >= 0.3 is 0 Å². The molecule has 142 valence electrons. The quantitative estimate of drug-likeness (QED) is 0.613. The van der Waals surface area contributed by atoms with Crippen molar-refractivity contribution in [3.05, 3.63) is 58.8 Å². The molecule has 6 nitrogen and oxygen atoms in total. The van der Waals surface area contributed by atoms with Crippen LogP contribution in [-0.2, 0) is 19.4 Å². The summed E-state index contributed by atoms with van der Waals surface area (Å²) in [6.45, 7) is 0.727. The van der Waals surface area contributed by atoms with Gasteiger partial charge in [-0.3, -0.25) is 4.79 Å². The van der Waals surface area contributed by atoms with Crippen LogP contribution in [0.3, 0.4) is 0 Å². The van der Waals surface area contributed by atoms with Crippen molar-refractivity contribution in [1.29, 1.82) is 0 Å². The average molecular weight is 399 g/mol. The predicted octanol–water partition coefficient (Wildman–Crippen LogP) is 1.68. The van der Waals surface area contributed by atoms with Crippen molar-refractivity contribution >= 4 is 36.5 Å². The number of hydrogen-bond donors (Lipinski definition) is 4. The first-order valence-corrected chi connectivity index (χ1v) is 8.04. The molecule has 8 heteroatoms. The summed E-state index contributed by atoms with van der Waals surface area (Å²) in [5, 5.41) is 16.9. The number of nitrogens with two attached hydrogens (primary N) is 1. The maximum absolute atomic E-state index is 11.6. The molecule has 3 rings (SSSR count). The molecule has 1 aromatic heterocycles. The topological polar surface area (TPSA) is 100 Å². The van der Waals surface area contributed by atoms with E-state index in [1.807, 2.05) is 12.1 Å². The number of benzene rings is 1. The number of pyridine rings is 1. The minimum Gasteiger partial charge on any atom is -0.391 e. The van der Waals surface area contributed by atoms with Crippen molar-refractivity contribution in [2.45, 2.75) is 31.5 Å². The number of carbonyl (C=O) groups is 1. The van der Waals surface area contributed by atoms with Gasteiger partial charge in [0, 0.05) is 26.1 Å². The molecule has 0 bridgehead atoms. The van der Waals surface area contributed by atoms with Gasteiger partial charge in [-0.15, -0.1) is 24.8 Å². The number of nitrogens with zero attached hydrogens (tertiary/aromatic N) is 1. The van der Waals surface area contributed by atoms with Crippen LogP contribution in [0.15, 0.2) is 36.4 Å². The number of aliphatic hydroxyl groups excluding tert-OH is 1. The maximum Gasteiger partial charge on any atom is 0.250 e. The van der Waals surface area contributed by atoms with Crippen LogP contribution in [0.25, 0.3) is 0 Å². The van der Waals surface area contributed by atoms with E-state index < -0.39 is 12.0 Å². The molecule has 2 heterocycles. The van der Waals surface area contributed by atoms with Gasteiger partial charge in [0.25, 0.3) is 5.91 Å². The second kappa shape index (κ2) is 9.73. The Hall–Kier alpha value is -1.86. The van der Waals surface area contributed by atoms with Gasteiger partial charge in [-0.25, -0.2) is 4.98 Å². The van der Waals surface area contributed by atoms with E-state index in [-0.39, 0.29) is 37.3 Å². The number of nitrogens with one attached hydrogen (secondary N) is 2. The third-order valence-corrected chi connectivity index (χ3v) is 4.48. The Morgan fingerprint density at radius 1 is 1.31 bits per heavy atom. The fourth-order valence-corrected chi connectivity index (χ4v) is 3.11. The van der Waals surface area contributed by atoms with E-state index in [2.05, 4.69) is 27.8 Å². The van der Waals surface area contributed by atoms with Crippen LogP contribution in [0.2, 0.25) is 0 Å². The normalized spacial score (nSPS) is 16.5. The third kappa shape index (κ3) is 4.86. The van der Waals surface area contributed by atoms with E-state index in [0.29, 0.717) is 17.1 Å². The first-order valence-electron chi connectivity index (χ1n) is 8.04. The Kier molecular flexibility index (Phi) is 8.30. The van der Waals surface area contributed by atoms with Gasteiger partial charge in [-0.05, 0) is 29.7 Å². The zero-order valence-corrected chi connectivity index (χ0v) is 16.1. The minimum absolute atomic E-state index is 0. The van der Waals surface area contributed by atoms with E-state index in [1.165, 1.54) is 11.1 Å². The number of carbonyl (C=O) groups excluding carboxylic acids is 1. The van der Waals surface area contributed by atoms with Crippen molar-refractivity contribution in [1.82, 2.24) is 10.3 Å². The molecular formula is C18H24Cl2N4O2. The van der Waals surface area contributed by atoms with Crippen molar-refractivity contribution in [2.75, 3.05) is 12.4 Å². The van der Waals surface area contributed by atoms with Gasteiger partial charge in [-0.2, -0.15) is 0 Å². The van der Waals surface area contributed by atoms with Gasteiger partial charge in [0.2, 0.25) is 0 Å². The summed E-state index contributed by atoms with van der Waals surface area (Å²) in [5.41, 5.74) is 8.80. The monoisotopic (exact) mass is 398 g/mol. The first-order chi connectivity index (χ1) is 11.6. The van der Waals surface area contributed by atoms with E-state index in [1.54, 1.807) is 19.2 Å². The van der Waals surface area contributed by atoms with Gasteiger partial charge in [0.15, 0.2) is 0 Å². The van der Waals surface area contributed by atoms with E-state index in [9.17, 15) is 9.90 Å². The molecule has 0 aliphatic carbocycles. The van der Waals surface area contributed by atoms with Gasteiger partial charge < -0.3 is 21.5 Å². The molecule has 0 fully saturated rings. The molecule has 0 saturated carbocycles. The fourth-order valence-electron chi connectivity index (χ4n) is 3.11. The Labute approximate surface area is 165 Å². The second-order valence-electron chi connectivity index (χ2n) is 6.04. The molecule has 1 amide bonds. The molecule has 1 aliphatic rings. The van der Waals surface area contributed by atoms with Gasteiger partial charge in [0.05, 0.1) is 17.4 Å². The highest BCUT2D eigenvalue weighted by Gasteiger charge is 2.26. The lowest BCUT2D eigenvalue weighted by atomic mass is 9.91. The SMILES string of the molecule is CNc1ccc(C(N)=O)c(C[C@@H](O)[C@@H]2Cc3ccccc3CN2)n1.Cl.Cl. The Balaban J connectivity index is 0.00000169. The lowest BCUT2D eigenvalue weighted by molar-refractivity contribution is 0.0994.